The van der Waals surface area contributed by atoms with E-state index in [0.29, 0.717) is 39.6 Å². The molecule has 6 saturated heterocycles. The molecule has 6 aliphatic heterocycles. The largest absolute Gasteiger partial charge is 0.475 e. The summed E-state index contributed by atoms with van der Waals surface area (Å²) in [4.78, 5) is 0. The van der Waals surface area contributed by atoms with Gasteiger partial charge in [-0.25, -0.2) is 0 Å². The van der Waals surface area contributed by atoms with Gasteiger partial charge in [0.15, 0.2) is 25.0 Å². The Kier molecular flexibility index (Phi) is 16.0. The zero-order valence-corrected chi connectivity index (χ0v) is 47.7. The van der Waals surface area contributed by atoms with Gasteiger partial charge in [-0.05, 0) is 76.7 Å². The van der Waals surface area contributed by atoms with Gasteiger partial charge in [0.1, 0.15) is 18.3 Å². The zero-order valence-electron chi connectivity index (χ0n) is 37.7. The first-order valence-corrected chi connectivity index (χ1v) is 46.1. The highest BCUT2D eigenvalue weighted by Gasteiger charge is 2.73. The number of epoxide rings is 3. The zero-order chi connectivity index (χ0) is 43.1. The average Bonchev–Trinajstić information content (AvgIpc) is 3.85. The van der Waals surface area contributed by atoms with Crippen molar-refractivity contribution in [2.24, 2.45) is 0 Å². The topological polar surface area (TPSA) is 176 Å². The van der Waals surface area contributed by atoms with Crippen molar-refractivity contribution < 1.29 is 77.8 Å². The second-order valence-corrected chi connectivity index (χ2v) is 52.9. The predicted molar refractivity (Wildman–Crippen MR) is 237 cm³/mol. The van der Waals surface area contributed by atoms with Crippen LogP contribution in [0.4, 0.5) is 0 Å². The number of ether oxygens (including phenoxy) is 6. The van der Waals surface area contributed by atoms with Crippen LogP contribution in [0.3, 0.4) is 0 Å². The van der Waals surface area contributed by atoms with Crippen LogP contribution in [0.15, 0.2) is 0 Å². The molecular weight excluding hydrogens is 941 g/mol. The van der Waals surface area contributed by atoms with E-state index in [1.165, 1.54) is 0 Å². The molecule has 6 aliphatic rings. The summed E-state index contributed by atoms with van der Waals surface area (Å²) >= 11 is 0. The summed E-state index contributed by atoms with van der Waals surface area (Å²) < 4.78 is 119. The molecule has 0 spiro atoms. The normalized spacial score (nSPS) is 41.1. The second-order valence-electron chi connectivity index (χ2n) is 18.9. The van der Waals surface area contributed by atoms with Crippen molar-refractivity contribution in [3.8, 4) is 0 Å². The Morgan fingerprint density at radius 2 is 0.610 bits per heavy atom. The highest BCUT2D eigenvalue weighted by atomic mass is 28.6. The third-order valence-electron chi connectivity index (χ3n) is 10.0. The molecule has 18 nitrogen and oxygen atoms in total. The van der Waals surface area contributed by atoms with Gasteiger partial charge in [-0.3, -0.25) is 0 Å². The van der Waals surface area contributed by atoms with Crippen molar-refractivity contribution in [2.75, 3.05) is 59.5 Å². The van der Waals surface area contributed by atoms with Gasteiger partial charge in [-0.2, -0.15) is 0 Å². The standard InChI is InChI=1S/C31H72O18Si10/c1-50(2,20-14-17-32-23-29-26-35-29)38-53(7)41-56(10)43-54(8,39-51(3,4)21-15-18-33-24-30-27-36-30)45-58(12)46-55(9,44-57(11,42-53)48-59(13,47-56)49-58)40-52(5,6)22-16-19-34-25-31-28-37-31/h29-31H,14-28H2,1-13H3. The Bertz CT molecular complexity index is 1230. The van der Waals surface area contributed by atoms with Crippen molar-refractivity contribution in [3.05, 3.63) is 0 Å². The number of rotatable bonds is 24. The minimum absolute atomic E-state index is 0.219. The molecule has 0 saturated carbocycles. The quantitative estimate of drug-likeness (QED) is 0.0697. The molecular formula is C31H72O18Si10. The minimum atomic E-state index is -3.80. The van der Waals surface area contributed by atoms with Gasteiger partial charge in [-0.15, -0.1) is 0 Å². The van der Waals surface area contributed by atoms with E-state index in [9.17, 15) is 0 Å². The summed E-state index contributed by atoms with van der Waals surface area (Å²) in [5.74, 6) is 0. The van der Waals surface area contributed by atoms with Crippen LogP contribution in [-0.4, -0.2) is 164 Å². The van der Waals surface area contributed by atoms with Gasteiger partial charge in [0.25, 0.3) is 0 Å². The molecule has 3 atom stereocenters. The smallest absolute Gasteiger partial charge is 0.417 e. The first kappa shape index (κ1) is 49.9. The molecule has 0 amide bonds. The lowest BCUT2D eigenvalue weighted by Gasteiger charge is -2.56. The Hall–Kier alpha value is 1.45. The minimum Gasteiger partial charge on any atom is -0.417 e. The first-order valence-electron chi connectivity index (χ1n) is 21.2. The fraction of sp³-hybridized carbons (Fsp3) is 1.00. The highest BCUT2D eigenvalue weighted by Crippen LogP contribution is 2.44. The number of hydrogen-bond donors (Lipinski definition) is 0. The lowest BCUT2D eigenvalue weighted by Crippen LogP contribution is -2.81. The summed E-state index contributed by atoms with van der Waals surface area (Å²) in [6, 6.07) is 2.41. The second kappa shape index (κ2) is 19.0. The number of fused-ring (bicyclic) bond motifs is 3. The maximum Gasteiger partial charge on any atom is 0.475 e. The monoisotopic (exact) mass is 1010 g/mol. The Morgan fingerprint density at radius 3 is 0.831 bits per heavy atom. The van der Waals surface area contributed by atoms with Gasteiger partial charge in [0, 0.05) is 65.6 Å². The maximum absolute atomic E-state index is 7.15. The summed E-state index contributed by atoms with van der Waals surface area (Å²) in [5, 5.41) is 0. The Morgan fingerprint density at radius 1 is 0.390 bits per heavy atom. The third-order valence-corrected chi connectivity index (χ3v) is 52.5. The summed E-state index contributed by atoms with van der Waals surface area (Å²) in [7, 11) is -33.8. The maximum atomic E-state index is 7.15. The summed E-state index contributed by atoms with van der Waals surface area (Å²) in [5.41, 5.74) is 0. The predicted octanol–water partition coefficient (Wildman–Crippen LogP) is 5.24. The SMILES string of the molecule is C[Si](C)(CCCOCC1CO1)O[Si]1(C)O[Si]2(C)O[Si](C)(O[Si](C)(C)CCCOCC3CO3)O[Si]3(C)O[Si](C)(O[Si](C)(C)CCCOCC4CO4)O[Si](C)(O1)O[Si](C)(O2)O3. The van der Waals surface area contributed by atoms with Gasteiger partial charge >= 0.3 is 61.6 Å². The van der Waals surface area contributed by atoms with Crippen LogP contribution in [0, 0.1) is 0 Å². The molecule has 0 aliphatic carbocycles. The van der Waals surface area contributed by atoms with E-state index in [1.807, 2.05) is 45.8 Å². The molecule has 4 bridgehead atoms. The molecule has 28 heteroatoms. The van der Waals surface area contributed by atoms with E-state index in [2.05, 4.69) is 39.3 Å². The van der Waals surface area contributed by atoms with Crippen molar-refractivity contribution >= 4 is 86.6 Å². The average molecular weight is 1010 g/mol. The van der Waals surface area contributed by atoms with Crippen LogP contribution in [0.5, 0.6) is 0 Å². The van der Waals surface area contributed by atoms with Gasteiger partial charge < -0.3 is 77.8 Å². The van der Waals surface area contributed by atoms with E-state index < -0.39 is 86.6 Å². The van der Waals surface area contributed by atoms with Crippen molar-refractivity contribution in [1.29, 1.82) is 0 Å². The van der Waals surface area contributed by atoms with Crippen LogP contribution in [0.25, 0.3) is 0 Å². The van der Waals surface area contributed by atoms with Crippen LogP contribution in [0.2, 0.25) is 103 Å². The van der Waals surface area contributed by atoms with E-state index in [-0.39, 0.29) is 18.3 Å². The highest BCUT2D eigenvalue weighted by molar-refractivity contribution is 6.99. The molecule has 6 fully saturated rings. The molecule has 0 aromatic heterocycles. The van der Waals surface area contributed by atoms with Crippen LogP contribution >= 0.6 is 0 Å². The van der Waals surface area contributed by atoms with E-state index in [1.54, 1.807) is 0 Å². The van der Waals surface area contributed by atoms with Gasteiger partial charge in [0.2, 0.25) is 0 Å². The molecule has 3 unspecified atom stereocenters. The summed E-state index contributed by atoms with van der Waals surface area (Å²) in [6.45, 7) is 31.9. The van der Waals surface area contributed by atoms with Crippen molar-refractivity contribution in [2.45, 2.75) is 141 Å². The van der Waals surface area contributed by atoms with Gasteiger partial charge in [-0.1, -0.05) is 0 Å². The van der Waals surface area contributed by atoms with Crippen LogP contribution < -0.4 is 0 Å². The van der Waals surface area contributed by atoms with Crippen LogP contribution in [0.1, 0.15) is 19.3 Å². The first-order chi connectivity index (χ1) is 27.2. The fourth-order valence-corrected chi connectivity index (χ4v) is 59.9. The molecule has 6 rings (SSSR count). The van der Waals surface area contributed by atoms with E-state index >= 15 is 0 Å². The van der Waals surface area contributed by atoms with Crippen LogP contribution in [-0.2, 0) is 77.8 Å². The summed E-state index contributed by atoms with van der Waals surface area (Å²) in [6.07, 6.45) is 3.11. The number of hydrogen-bond acceptors (Lipinski definition) is 18. The molecule has 0 aromatic rings. The molecule has 0 N–H and O–H groups in total. The van der Waals surface area contributed by atoms with E-state index in [0.717, 1.165) is 57.2 Å². The lowest BCUT2D eigenvalue weighted by molar-refractivity contribution is 0.0238. The molecule has 344 valence electrons. The fourth-order valence-electron chi connectivity index (χ4n) is 8.06. The lowest BCUT2D eigenvalue weighted by atomic mass is 10.5. The van der Waals surface area contributed by atoms with E-state index in [4.69, 9.17) is 77.8 Å². The Labute approximate surface area is 362 Å². The Balaban J connectivity index is 1.27. The molecule has 59 heavy (non-hydrogen) atoms. The molecule has 0 aromatic carbocycles. The molecule has 6 heterocycles. The molecule has 0 radical (unpaired) electrons. The van der Waals surface area contributed by atoms with Gasteiger partial charge in [0.05, 0.1) is 39.6 Å². The third kappa shape index (κ3) is 16.4. The van der Waals surface area contributed by atoms with Crippen molar-refractivity contribution in [3.63, 3.8) is 0 Å². The van der Waals surface area contributed by atoms with Crippen molar-refractivity contribution in [1.82, 2.24) is 0 Å².